The van der Waals surface area contributed by atoms with Crippen LogP contribution in [0.25, 0.3) is 10.8 Å². The molecule has 0 radical (unpaired) electrons. The third-order valence-electron chi connectivity index (χ3n) is 4.67. The average Bonchev–Trinajstić information content (AvgIpc) is 2.72. The lowest BCUT2D eigenvalue weighted by molar-refractivity contribution is -0.116. The highest BCUT2D eigenvalue weighted by atomic mass is 32.2. The fraction of sp³-hybridized carbons (Fsp3) is 0.227. The Balaban J connectivity index is 1.85. The van der Waals surface area contributed by atoms with Crippen molar-refractivity contribution in [3.8, 4) is 5.75 Å². The van der Waals surface area contributed by atoms with Crippen molar-refractivity contribution in [1.82, 2.24) is 4.31 Å². The number of hydrogen-bond acceptors (Lipinski definition) is 4. The van der Waals surface area contributed by atoms with Crippen LogP contribution in [0.2, 0.25) is 0 Å². The van der Waals surface area contributed by atoms with E-state index in [4.69, 9.17) is 4.74 Å². The Labute approximate surface area is 171 Å². The Morgan fingerprint density at radius 2 is 1.79 bits per heavy atom. The van der Waals surface area contributed by atoms with E-state index in [1.807, 2.05) is 43.3 Å². The summed E-state index contributed by atoms with van der Waals surface area (Å²) in [6, 6.07) is 18.2. The Hall–Kier alpha value is -2.90. The van der Waals surface area contributed by atoms with E-state index >= 15 is 0 Å². The van der Waals surface area contributed by atoms with Crippen molar-refractivity contribution in [3.63, 3.8) is 0 Å². The van der Waals surface area contributed by atoms with Crippen LogP contribution < -0.4 is 10.1 Å². The molecule has 3 rings (SSSR count). The molecule has 3 aromatic rings. The molecule has 0 aliphatic carbocycles. The molecule has 3 aromatic carbocycles. The number of anilines is 1. The van der Waals surface area contributed by atoms with Crippen LogP contribution in [0, 0.1) is 6.92 Å². The molecule has 0 heterocycles. The van der Waals surface area contributed by atoms with Crippen LogP contribution >= 0.6 is 0 Å². The van der Waals surface area contributed by atoms with Crippen molar-refractivity contribution in [2.75, 3.05) is 25.5 Å². The fourth-order valence-corrected chi connectivity index (χ4v) is 4.82. The Bertz CT molecular complexity index is 1140. The molecule has 0 fully saturated rings. The normalized spacial score (nSPS) is 11.6. The number of sulfonamides is 1. The quantitative estimate of drug-likeness (QED) is 0.640. The summed E-state index contributed by atoms with van der Waals surface area (Å²) in [4.78, 5) is 12.7. The zero-order chi connectivity index (χ0) is 21.0. The van der Waals surface area contributed by atoms with Crippen LogP contribution in [-0.4, -0.2) is 38.8 Å². The highest BCUT2D eigenvalue weighted by Crippen LogP contribution is 2.28. The zero-order valence-electron chi connectivity index (χ0n) is 16.7. The van der Waals surface area contributed by atoms with E-state index in [1.54, 1.807) is 31.2 Å². The summed E-state index contributed by atoms with van der Waals surface area (Å²) in [6.07, 6.45) is 0. The molecule has 1 N–H and O–H groups in total. The molecule has 1 amide bonds. The number of rotatable bonds is 7. The van der Waals surface area contributed by atoms with Gasteiger partial charge in [-0.1, -0.05) is 49.4 Å². The molecular weight excluding hydrogens is 388 g/mol. The standard InChI is InChI=1S/C22H24N2O4S/c1-4-24(29(26,27)21-14-16(2)12-13-20(21)28-3)15-22(25)23-19-11-7-9-17-8-5-6-10-18(17)19/h5-14H,4,15H2,1-3H3,(H,23,25). The molecule has 0 spiro atoms. The number of nitrogens with zero attached hydrogens (tertiary/aromatic N) is 1. The smallest absolute Gasteiger partial charge is 0.247 e. The van der Waals surface area contributed by atoms with E-state index in [9.17, 15) is 13.2 Å². The number of carbonyl (C=O) groups is 1. The van der Waals surface area contributed by atoms with Crippen LogP contribution in [-0.2, 0) is 14.8 Å². The van der Waals surface area contributed by atoms with Gasteiger partial charge >= 0.3 is 0 Å². The lowest BCUT2D eigenvalue weighted by atomic mass is 10.1. The Morgan fingerprint density at radius 1 is 1.07 bits per heavy atom. The Kier molecular flexibility index (Phi) is 6.20. The number of nitrogens with one attached hydrogen (secondary N) is 1. The minimum absolute atomic E-state index is 0.0554. The second kappa shape index (κ2) is 8.63. The number of benzene rings is 3. The van der Waals surface area contributed by atoms with E-state index in [0.717, 1.165) is 20.6 Å². The predicted octanol–water partition coefficient (Wildman–Crippen LogP) is 3.81. The number of carbonyl (C=O) groups excluding carboxylic acids is 1. The summed E-state index contributed by atoms with van der Waals surface area (Å²) in [7, 11) is -2.47. The first-order valence-electron chi connectivity index (χ1n) is 9.29. The maximum absolute atomic E-state index is 13.2. The lowest BCUT2D eigenvalue weighted by Crippen LogP contribution is -2.38. The van der Waals surface area contributed by atoms with Gasteiger partial charge in [0.15, 0.2) is 0 Å². The number of amides is 1. The largest absolute Gasteiger partial charge is 0.495 e. The van der Waals surface area contributed by atoms with Crippen molar-refractivity contribution in [2.45, 2.75) is 18.7 Å². The van der Waals surface area contributed by atoms with E-state index in [-0.39, 0.29) is 23.7 Å². The molecule has 0 unspecified atom stereocenters. The molecule has 0 saturated heterocycles. The number of ether oxygens (including phenoxy) is 1. The summed E-state index contributed by atoms with van der Waals surface area (Å²) < 4.78 is 32.7. The van der Waals surface area contributed by atoms with Crippen molar-refractivity contribution < 1.29 is 17.9 Å². The molecular formula is C22H24N2O4S. The van der Waals surface area contributed by atoms with E-state index in [0.29, 0.717) is 5.69 Å². The van der Waals surface area contributed by atoms with Gasteiger partial charge in [0.05, 0.1) is 13.7 Å². The number of hydrogen-bond donors (Lipinski definition) is 1. The third-order valence-corrected chi connectivity index (χ3v) is 6.62. The molecule has 0 aliphatic rings. The summed E-state index contributed by atoms with van der Waals surface area (Å²) in [6.45, 7) is 3.37. The second-order valence-electron chi connectivity index (χ2n) is 6.66. The molecule has 29 heavy (non-hydrogen) atoms. The number of fused-ring (bicyclic) bond motifs is 1. The molecule has 0 bridgehead atoms. The number of methoxy groups -OCH3 is 1. The van der Waals surface area contributed by atoms with Gasteiger partial charge in [-0.25, -0.2) is 8.42 Å². The zero-order valence-corrected chi connectivity index (χ0v) is 17.5. The van der Waals surface area contributed by atoms with Crippen molar-refractivity contribution in [1.29, 1.82) is 0 Å². The van der Waals surface area contributed by atoms with Crippen molar-refractivity contribution in [2.24, 2.45) is 0 Å². The summed E-state index contributed by atoms with van der Waals surface area (Å²) in [5, 5.41) is 4.73. The van der Waals surface area contributed by atoms with Gasteiger partial charge in [0.25, 0.3) is 0 Å². The molecule has 0 aromatic heterocycles. The van der Waals surface area contributed by atoms with Gasteiger partial charge in [-0.2, -0.15) is 4.31 Å². The minimum Gasteiger partial charge on any atom is -0.495 e. The predicted molar refractivity (Wildman–Crippen MR) is 115 cm³/mol. The second-order valence-corrected chi connectivity index (χ2v) is 8.57. The van der Waals surface area contributed by atoms with E-state index in [1.165, 1.54) is 7.11 Å². The topological polar surface area (TPSA) is 75.7 Å². The van der Waals surface area contributed by atoms with Gasteiger partial charge in [0.1, 0.15) is 10.6 Å². The van der Waals surface area contributed by atoms with Gasteiger partial charge in [-0.05, 0) is 36.1 Å². The molecule has 7 heteroatoms. The van der Waals surface area contributed by atoms with E-state index in [2.05, 4.69) is 5.32 Å². The average molecular weight is 413 g/mol. The van der Waals surface area contributed by atoms with Crippen LogP contribution in [0.1, 0.15) is 12.5 Å². The van der Waals surface area contributed by atoms with Crippen molar-refractivity contribution >= 4 is 32.4 Å². The van der Waals surface area contributed by atoms with Gasteiger partial charge in [-0.15, -0.1) is 0 Å². The highest BCUT2D eigenvalue weighted by Gasteiger charge is 2.28. The molecule has 0 saturated carbocycles. The monoisotopic (exact) mass is 412 g/mol. The minimum atomic E-state index is -3.90. The van der Waals surface area contributed by atoms with E-state index < -0.39 is 15.9 Å². The number of likely N-dealkylation sites (N-methyl/N-ethyl adjacent to an activating group) is 1. The molecule has 0 aliphatic heterocycles. The van der Waals surface area contributed by atoms with Gasteiger partial charge in [0.2, 0.25) is 15.9 Å². The van der Waals surface area contributed by atoms with Crippen LogP contribution in [0.5, 0.6) is 5.75 Å². The highest BCUT2D eigenvalue weighted by molar-refractivity contribution is 7.89. The maximum Gasteiger partial charge on any atom is 0.247 e. The molecule has 152 valence electrons. The maximum atomic E-state index is 13.2. The lowest BCUT2D eigenvalue weighted by Gasteiger charge is -2.21. The molecule has 0 atom stereocenters. The molecule has 6 nitrogen and oxygen atoms in total. The summed E-state index contributed by atoms with van der Waals surface area (Å²) in [5.74, 6) is -0.151. The van der Waals surface area contributed by atoms with Gasteiger partial charge in [0, 0.05) is 17.6 Å². The van der Waals surface area contributed by atoms with Gasteiger partial charge in [-0.3, -0.25) is 4.79 Å². The van der Waals surface area contributed by atoms with Crippen LogP contribution in [0.4, 0.5) is 5.69 Å². The Morgan fingerprint density at radius 3 is 2.52 bits per heavy atom. The van der Waals surface area contributed by atoms with Crippen LogP contribution in [0.3, 0.4) is 0 Å². The third kappa shape index (κ3) is 4.41. The first-order valence-corrected chi connectivity index (χ1v) is 10.7. The first kappa shape index (κ1) is 20.8. The summed E-state index contributed by atoms with van der Waals surface area (Å²) in [5.41, 5.74) is 1.44. The SMILES string of the molecule is CCN(CC(=O)Nc1cccc2ccccc12)S(=O)(=O)c1cc(C)ccc1OC. The fourth-order valence-electron chi connectivity index (χ4n) is 3.18. The summed E-state index contributed by atoms with van der Waals surface area (Å²) >= 11 is 0. The van der Waals surface area contributed by atoms with Crippen LogP contribution in [0.15, 0.2) is 65.6 Å². The number of aryl methyl sites for hydroxylation is 1. The van der Waals surface area contributed by atoms with Crippen molar-refractivity contribution in [3.05, 3.63) is 66.2 Å². The first-order chi connectivity index (χ1) is 13.9. The van der Waals surface area contributed by atoms with Gasteiger partial charge < -0.3 is 10.1 Å².